The van der Waals surface area contributed by atoms with Gasteiger partial charge in [-0.3, -0.25) is 9.69 Å². The Morgan fingerprint density at radius 1 is 1.37 bits per heavy atom. The molecule has 1 saturated heterocycles. The number of nitrogens with zero attached hydrogens (tertiary/aromatic N) is 2. The number of piperazine rings is 1. The quantitative estimate of drug-likeness (QED) is 0.779. The van der Waals surface area contributed by atoms with E-state index in [1.165, 1.54) is 6.07 Å². The van der Waals surface area contributed by atoms with Crippen LogP contribution in [-0.4, -0.2) is 48.4 Å². The van der Waals surface area contributed by atoms with Crippen molar-refractivity contribution in [1.82, 2.24) is 9.80 Å². The Hall–Kier alpha value is -1.68. The van der Waals surface area contributed by atoms with Gasteiger partial charge in [0.2, 0.25) is 0 Å². The molecule has 0 unspecified atom stereocenters. The van der Waals surface area contributed by atoms with Crippen LogP contribution in [-0.2, 0) is 0 Å². The fourth-order valence-electron chi connectivity index (χ4n) is 2.22. The summed E-state index contributed by atoms with van der Waals surface area (Å²) in [7, 11) is 0. The normalized spacial score (nSPS) is 16.4. The summed E-state index contributed by atoms with van der Waals surface area (Å²) in [6, 6.07) is 4.67. The van der Waals surface area contributed by atoms with Gasteiger partial charge < -0.3 is 4.90 Å². The average Bonchev–Trinajstić information content (AvgIpc) is 2.42. The van der Waals surface area contributed by atoms with E-state index in [1.807, 2.05) is 6.08 Å². The summed E-state index contributed by atoms with van der Waals surface area (Å²) in [5.74, 6) is -0.409. The highest BCUT2D eigenvalue weighted by molar-refractivity contribution is 5.94. The number of aryl methyl sites for hydroxylation is 1. The van der Waals surface area contributed by atoms with Crippen LogP contribution in [0.15, 0.2) is 30.9 Å². The number of carbonyl (C=O) groups is 1. The van der Waals surface area contributed by atoms with E-state index >= 15 is 0 Å². The monoisotopic (exact) mass is 262 g/mol. The average molecular weight is 262 g/mol. The van der Waals surface area contributed by atoms with Crippen LogP contribution >= 0.6 is 0 Å². The number of rotatable bonds is 3. The summed E-state index contributed by atoms with van der Waals surface area (Å²) in [6.07, 6.45) is 1.87. The summed E-state index contributed by atoms with van der Waals surface area (Å²) in [6.45, 7) is 9.30. The first-order valence-corrected chi connectivity index (χ1v) is 6.50. The maximum atomic E-state index is 13.5. The number of benzene rings is 1. The summed E-state index contributed by atoms with van der Waals surface area (Å²) in [4.78, 5) is 16.3. The molecule has 0 aliphatic carbocycles. The van der Waals surface area contributed by atoms with E-state index in [9.17, 15) is 9.18 Å². The molecule has 0 aromatic heterocycles. The lowest BCUT2D eigenvalue weighted by molar-refractivity contribution is 0.0650. The van der Waals surface area contributed by atoms with Crippen molar-refractivity contribution in [1.29, 1.82) is 0 Å². The van der Waals surface area contributed by atoms with Crippen LogP contribution in [0.5, 0.6) is 0 Å². The molecule has 0 bridgehead atoms. The lowest BCUT2D eigenvalue weighted by Crippen LogP contribution is -2.48. The van der Waals surface area contributed by atoms with Gasteiger partial charge in [0.05, 0.1) is 0 Å². The third kappa shape index (κ3) is 3.20. The number of hydrogen-bond acceptors (Lipinski definition) is 2. The molecule has 0 atom stereocenters. The fourth-order valence-corrected chi connectivity index (χ4v) is 2.22. The molecule has 1 amide bonds. The summed E-state index contributed by atoms with van der Waals surface area (Å²) in [5, 5.41) is 0. The molecular weight excluding hydrogens is 243 g/mol. The first-order chi connectivity index (χ1) is 9.11. The largest absolute Gasteiger partial charge is 0.336 e. The predicted octanol–water partition coefficient (Wildman–Crippen LogP) is 2.08. The topological polar surface area (TPSA) is 23.6 Å². The van der Waals surface area contributed by atoms with E-state index in [1.54, 1.807) is 24.0 Å². The van der Waals surface area contributed by atoms with E-state index in [4.69, 9.17) is 0 Å². The van der Waals surface area contributed by atoms with Crippen molar-refractivity contribution in [3.05, 3.63) is 47.8 Å². The van der Waals surface area contributed by atoms with Crippen LogP contribution in [0.3, 0.4) is 0 Å². The van der Waals surface area contributed by atoms with Crippen LogP contribution < -0.4 is 0 Å². The van der Waals surface area contributed by atoms with Gasteiger partial charge in [-0.25, -0.2) is 4.39 Å². The molecule has 2 rings (SSSR count). The lowest BCUT2D eigenvalue weighted by Gasteiger charge is -2.34. The van der Waals surface area contributed by atoms with Gasteiger partial charge >= 0.3 is 0 Å². The third-order valence-corrected chi connectivity index (χ3v) is 3.47. The Morgan fingerprint density at radius 2 is 2.05 bits per heavy atom. The fraction of sp³-hybridized carbons (Fsp3) is 0.400. The van der Waals surface area contributed by atoms with Crippen LogP contribution in [0.2, 0.25) is 0 Å². The molecule has 19 heavy (non-hydrogen) atoms. The Kier molecular flexibility index (Phi) is 4.32. The van der Waals surface area contributed by atoms with Crippen LogP contribution in [0.25, 0.3) is 0 Å². The summed E-state index contributed by atoms with van der Waals surface area (Å²) in [5.41, 5.74) is 0.993. The van der Waals surface area contributed by atoms with Gasteiger partial charge in [0.1, 0.15) is 5.82 Å². The van der Waals surface area contributed by atoms with E-state index in [0.717, 1.165) is 19.6 Å². The standard InChI is InChI=1S/C15H19FN2O/c1-3-6-17-7-9-18(10-8-17)15(19)13-5-4-12(2)14(16)11-13/h3-5,11H,1,6-10H2,2H3. The van der Waals surface area contributed by atoms with Gasteiger partial charge in [0.15, 0.2) is 0 Å². The van der Waals surface area contributed by atoms with Crippen LogP contribution in [0.4, 0.5) is 4.39 Å². The second kappa shape index (κ2) is 5.97. The van der Waals surface area contributed by atoms with E-state index in [0.29, 0.717) is 24.2 Å². The van der Waals surface area contributed by atoms with Gasteiger partial charge in [-0.1, -0.05) is 12.1 Å². The van der Waals surface area contributed by atoms with Crippen molar-refractivity contribution in [2.24, 2.45) is 0 Å². The van der Waals surface area contributed by atoms with Crippen molar-refractivity contribution in [2.75, 3.05) is 32.7 Å². The molecule has 3 nitrogen and oxygen atoms in total. The maximum absolute atomic E-state index is 13.5. The van der Waals surface area contributed by atoms with Gasteiger partial charge in [0, 0.05) is 38.3 Å². The molecule has 1 aliphatic heterocycles. The molecular formula is C15H19FN2O. The molecule has 4 heteroatoms. The number of carbonyl (C=O) groups excluding carboxylic acids is 1. The smallest absolute Gasteiger partial charge is 0.254 e. The first kappa shape index (κ1) is 13.7. The molecule has 1 aliphatic rings. The number of amides is 1. The van der Waals surface area contributed by atoms with E-state index in [-0.39, 0.29) is 11.7 Å². The Labute approximate surface area is 113 Å². The van der Waals surface area contributed by atoms with E-state index < -0.39 is 0 Å². The van der Waals surface area contributed by atoms with Crippen molar-refractivity contribution < 1.29 is 9.18 Å². The molecule has 0 saturated carbocycles. The zero-order valence-electron chi connectivity index (χ0n) is 11.2. The SMILES string of the molecule is C=CCN1CCN(C(=O)c2ccc(C)c(F)c2)CC1. The highest BCUT2D eigenvalue weighted by Crippen LogP contribution is 2.13. The summed E-state index contributed by atoms with van der Waals surface area (Å²) < 4.78 is 13.5. The summed E-state index contributed by atoms with van der Waals surface area (Å²) >= 11 is 0. The molecule has 0 N–H and O–H groups in total. The zero-order chi connectivity index (χ0) is 13.8. The molecule has 1 aromatic carbocycles. The molecule has 1 aromatic rings. The molecule has 102 valence electrons. The molecule has 1 heterocycles. The maximum Gasteiger partial charge on any atom is 0.254 e. The van der Waals surface area contributed by atoms with Gasteiger partial charge in [-0.2, -0.15) is 0 Å². The molecule has 1 fully saturated rings. The van der Waals surface area contributed by atoms with Crippen LogP contribution in [0.1, 0.15) is 15.9 Å². The van der Waals surface area contributed by atoms with Crippen LogP contribution in [0, 0.1) is 12.7 Å². The zero-order valence-corrected chi connectivity index (χ0v) is 11.2. The highest BCUT2D eigenvalue weighted by Gasteiger charge is 2.21. The van der Waals surface area contributed by atoms with Gasteiger partial charge in [-0.15, -0.1) is 6.58 Å². The van der Waals surface area contributed by atoms with Crippen molar-refractivity contribution in [3.8, 4) is 0 Å². The number of halogens is 1. The first-order valence-electron chi connectivity index (χ1n) is 6.50. The second-order valence-corrected chi connectivity index (χ2v) is 4.85. The minimum absolute atomic E-state index is 0.0860. The van der Waals surface area contributed by atoms with Crippen molar-refractivity contribution >= 4 is 5.91 Å². The molecule has 0 radical (unpaired) electrons. The Balaban J connectivity index is 2.01. The number of hydrogen-bond donors (Lipinski definition) is 0. The van der Waals surface area contributed by atoms with Gasteiger partial charge in [-0.05, 0) is 24.6 Å². The van der Waals surface area contributed by atoms with Crippen molar-refractivity contribution in [2.45, 2.75) is 6.92 Å². The second-order valence-electron chi connectivity index (χ2n) is 4.85. The highest BCUT2D eigenvalue weighted by atomic mass is 19.1. The minimum Gasteiger partial charge on any atom is -0.336 e. The Morgan fingerprint density at radius 3 is 2.63 bits per heavy atom. The molecule has 0 spiro atoms. The third-order valence-electron chi connectivity index (χ3n) is 3.47. The van der Waals surface area contributed by atoms with Crippen molar-refractivity contribution in [3.63, 3.8) is 0 Å². The minimum atomic E-state index is -0.323. The predicted molar refractivity (Wildman–Crippen MR) is 73.7 cm³/mol. The Bertz CT molecular complexity index is 479. The van der Waals surface area contributed by atoms with Gasteiger partial charge in [0.25, 0.3) is 5.91 Å². The lowest BCUT2D eigenvalue weighted by atomic mass is 10.1. The van der Waals surface area contributed by atoms with E-state index in [2.05, 4.69) is 11.5 Å².